The first kappa shape index (κ1) is 28.4. The number of aliphatic carboxylic acids is 2. The molecule has 9 nitrogen and oxygen atoms in total. The van der Waals surface area contributed by atoms with E-state index in [-0.39, 0.29) is 18.2 Å². The molecule has 2 unspecified atom stereocenters. The predicted octanol–water partition coefficient (Wildman–Crippen LogP) is 3.99. The van der Waals surface area contributed by atoms with Gasteiger partial charge in [-0.15, -0.1) is 0 Å². The van der Waals surface area contributed by atoms with E-state index in [1.165, 1.54) is 5.56 Å². The van der Waals surface area contributed by atoms with Crippen molar-refractivity contribution in [3.05, 3.63) is 82.3 Å². The Morgan fingerprint density at radius 2 is 1.62 bits per heavy atom. The van der Waals surface area contributed by atoms with E-state index in [0.29, 0.717) is 18.8 Å². The Morgan fingerprint density at radius 3 is 2.24 bits per heavy atom. The molecule has 0 radical (unpaired) electrons. The van der Waals surface area contributed by atoms with E-state index < -0.39 is 11.9 Å². The lowest BCUT2D eigenvalue weighted by Gasteiger charge is -2.34. The van der Waals surface area contributed by atoms with Gasteiger partial charge in [-0.2, -0.15) is 0 Å². The molecule has 2 aromatic rings. The largest absolute Gasteiger partial charge is 0.478 e. The number of carboxylic acid groups (broad SMARTS) is 2. The van der Waals surface area contributed by atoms with Crippen molar-refractivity contribution in [2.45, 2.75) is 24.9 Å². The number of hydrogen-bond acceptors (Lipinski definition) is 6. The average Bonchev–Trinajstić information content (AvgIpc) is 3.25. The number of carbonyl (C=O) groups excluding carboxylic acids is 1. The molecule has 2 aliphatic rings. The Morgan fingerprint density at radius 1 is 1.00 bits per heavy atom. The minimum atomic E-state index is -1.26. The summed E-state index contributed by atoms with van der Waals surface area (Å²) in [7, 11) is 0. The molecule has 2 atom stereocenters. The molecule has 2 fully saturated rings. The highest BCUT2D eigenvalue weighted by Crippen LogP contribution is 2.33. The maximum atomic E-state index is 12.8. The Bertz CT molecular complexity index is 1060. The second-order valence-electron chi connectivity index (χ2n) is 8.61. The summed E-state index contributed by atoms with van der Waals surface area (Å²) in [4.78, 5) is 36.3. The quantitative estimate of drug-likeness (QED) is 0.432. The summed E-state index contributed by atoms with van der Waals surface area (Å²) in [5, 5.41) is 15.6. The number of cyclic esters (lactones) is 1. The number of nitrogens with zero attached hydrogens (tertiary/aromatic N) is 2. The number of amides is 1. The Hall–Kier alpha value is -3.21. The van der Waals surface area contributed by atoms with E-state index >= 15 is 0 Å². The van der Waals surface area contributed by atoms with Gasteiger partial charge in [-0.25, -0.2) is 14.4 Å². The van der Waals surface area contributed by atoms with Gasteiger partial charge in [0.05, 0.1) is 25.3 Å². The van der Waals surface area contributed by atoms with Crippen LogP contribution in [0, 0.1) is 0 Å². The van der Waals surface area contributed by atoms with Gasteiger partial charge >= 0.3 is 18.0 Å². The molecule has 2 saturated heterocycles. The van der Waals surface area contributed by atoms with Gasteiger partial charge in [0, 0.05) is 36.3 Å². The number of rotatable bonds is 9. The van der Waals surface area contributed by atoms with Crippen LogP contribution in [0.15, 0.2) is 71.2 Å². The molecule has 10 heteroatoms. The van der Waals surface area contributed by atoms with E-state index in [1.54, 1.807) is 0 Å². The number of halogens is 1. The van der Waals surface area contributed by atoms with Crippen molar-refractivity contribution in [3.63, 3.8) is 0 Å². The number of ether oxygens (including phenoxy) is 2. The average molecular weight is 575 g/mol. The van der Waals surface area contributed by atoms with E-state index in [9.17, 15) is 14.4 Å². The van der Waals surface area contributed by atoms with Gasteiger partial charge in [-0.3, -0.25) is 9.80 Å². The Balaban J connectivity index is 0.000000414. The van der Waals surface area contributed by atoms with Crippen LogP contribution in [-0.4, -0.2) is 83.5 Å². The molecule has 37 heavy (non-hydrogen) atoms. The lowest BCUT2D eigenvalue weighted by atomic mass is 9.98. The molecular weight excluding hydrogens is 544 g/mol. The van der Waals surface area contributed by atoms with Crippen LogP contribution in [0.4, 0.5) is 4.79 Å². The summed E-state index contributed by atoms with van der Waals surface area (Å²) < 4.78 is 12.1. The summed E-state index contributed by atoms with van der Waals surface area (Å²) in [5.74, 6) is -2.51. The number of morpholine rings is 1. The van der Waals surface area contributed by atoms with Crippen LogP contribution in [0.2, 0.25) is 0 Å². The van der Waals surface area contributed by atoms with E-state index in [4.69, 9.17) is 19.7 Å². The van der Waals surface area contributed by atoms with Gasteiger partial charge in [0.15, 0.2) is 0 Å². The van der Waals surface area contributed by atoms with Gasteiger partial charge in [-0.05, 0) is 30.0 Å². The zero-order chi connectivity index (χ0) is 26.6. The van der Waals surface area contributed by atoms with Gasteiger partial charge in [-0.1, -0.05) is 64.5 Å². The molecule has 2 aliphatic heterocycles. The number of hydrogen-bond donors (Lipinski definition) is 2. The summed E-state index contributed by atoms with van der Waals surface area (Å²) in [5.41, 5.74) is 2.36. The number of benzene rings is 2. The highest BCUT2D eigenvalue weighted by Gasteiger charge is 2.39. The molecule has 0 saturated carbocycles. The predicted molar refractivity (Wildman–Crippen MR) is 140 cm³/mol. The Kier molecular flexibility index (Phi) is 11.1. The molecule has 1 amide bonds. The van der Waals surface area contributed by atoms with E-state index in [0.717, 1.165) is 55.7 Å². The van der Waals surface area contributed by atoms with Crippen molar-refractivity contribution in [2.24, 2.45) is 0 Å². The third kappa shape index (κ3) is 8.99. The second-order valence-corrected chi connectivity index (χ2v) is 9.47. The van der Waals surface area contributed by atoms with Crippen LogP contribution in [-0.2, 0) is 25.5 Å². The highest BCUT2D eigenvalue weighted by molar-refractivity contribution is 9.10. The van der Waals surface area contributed by atoms with Crippen molar-refractivity contribution in [1.29, 1.82) is 0 Å². The monoisotopic (exact) mass is 574 g/mol. The fourth-order valence-electron chi connectivity index (χ4n) is 4.34. The number of carbonyl (C=O) groups is 3. The smallest absolute Gasteiger partial charge is 0.410 e. The summed E-state index contributed by atoms with van der Waals surface area (Å²) in [6.45, 7) is 4.84. The minimum absolute atomic E-state index is 0.00142. The lowest BCUT2D eigenvalue weighted by Crippen LogP contribution is -2.42. The summed E-state index contributed by atoms with van der Waals surface area (Å²) >= 11 is 3.64. The van der Waals surface area contributed by atoms with Gasteiger partial charge in [0.1, 0.15) is 6.61 Å². The molecule has 0 aromatic heterocycles. The highest BCUT2D eigenvalue weighted by atomic mass is 79.9. The van der Waals surface area contributed by atoms with Crippen molar-refractivity contribution in [3.8, 4) is 0 Å². The SMILES string of the molecule is O=C(O)/C=C/C(=O)O.O=C1OCC(Cc2ccccc2Br)N1C(CCN1CCOCC1)c1ccccc1. The van der Waals surface area contributed by atoms with Gasteiger partial charge < -0.3 is 19.7 Å². The van der Waals surface area contributed by atoms with E-state index in [2.05, 4.69) is 39.0 Å². The molecule has 0 bridgehead atoms. The van der Waals surface area contributed by atoms with Crippen molar-refractivity contribution in [2.75, 3.05) is 39.5 Å². The fraction of sp³-hybridized carbons (Fsp3) is 0.370. The third-order valence-corrected chi connectivity index (χ3v) is 6.90. The number of carboxylic acids is 2. The van der Waals surface area contributed by atoms with Crippen LogP contribution in [0.25, 0.3) is 0 Å². The third-order valence-electron chi connectivity index (χ3n) is 6.13. The van der Waals surface area contributed by atoms with Gasteiger partial charge in [0.2, 0.25) is 0 Å². The first-order valence-corrected chi connectivity index (χ1v) is 12.8. The molecule has 0 spiro atoms. The standard InChI is InChI=1S/C23H27BrN2O3.C4H4O4/c24-21-9-5-4-8-19(21)16-20-17-29-23(27)26(20)22(18-6-2-1-3-7-18)10-11-25-12-14-28-15-13-25;5-3(6)1-2-4(7)8/h1-9,20,22H,10-17H2;1-2H,(H,5,6)(H,7,8)/b;2-1+. The maximum absolute atomic E-state index is 12.8. The molecule has 2 heterocycles. The first-order valence-electron chi connectivity index (χ1n) is 12.0. The topological polar surface area (TPSA) is 117 Å². The zero-order valence-electron chi connectivity index (χ0n) is 20.4. The molecule has 4 rings (SSSR count). The normalized spacial score (nSPS) is 18.7. The van der Waals surface area contributed by atoms with Crippen molar-refractivity contribution >= 4 is 34.0 Å². The Labute approximate surface area is 224 Å². The van der Waals surface area contributed by atoms with Crippen LogP contribution in [0.5, 0.6) is 0 Å². The summed E-state index contributed by atoms with van der Waals surface area (Å²) in [6.07, 6.45) is 2.56. The minimum Gasteiger partial charge on any atom is -0.478 e. The van der Waals surface area contributed by atoms with Crippen LogP contribution in [0.1, 0.15) is 23.6 Å². The van der Waals surface area contributed by atoms with Crippen LogP contribution in [0.3, 0.4) is 0 Å². The molecule has 0 aliphatic carbocycles. The first-order chi connectivity index (χ1) is 17.8. The lowest BCUT2D eigenvalue weighted by molar-refractivity contribution is -0.134. The molecule has 2 aromatic carbocycles. The maximum Gasteiger partial charge on any atom is 0.410 e. The fourth-order valence-corrected chi connectivity index (χ4v) is 4.79. The summed E-state index contributed by atoms with van der Waals surface area (Å²) in [6, 6.07) is 18.6. The van der Waals surface area contributed by atoms with Crippen LogP contribution < -0.4 is 0 Å². The van der Waals surface area contributed by atoms with Crippen molar-refractivity contribution in [1.82, 2.24) is 9.80 Å². The van der Waals surface area contributed by atoms with Gasteiger partial charge in [0.25, 0.3) is 0 Å². The van der Waals surface area contributed by atoms with E-state index in [1.807, 2.05) is 41.3 Å². The van der Waals surface area contributed by atoms with Crippen LogP contribution >= 0.6 is 15.9 Å². The molecule has 2 N–H and O–H groups in total. The molecule has 198 valence electrons. The van der Waals surface area contributed by atoms with Crippen molar-refractivity contribution < 1.29 is 34.1 Å². The molecular formula is C27H31BrN2O7. The second kappa shape index (κ2) is 14.5. The zero-order valence-corrected chi connectivity index (χ0v) is 22.0.